The lowest BCUT2D eigenvalue weighted by molar-refractivity contribution is -0.119. The third-order valence-corrected chi connectivity index (χ3v) is 9.24. The van der Waals surface area contributed by atoms with Gasteiger partial charge in [-0.2, -0.15) is 5.10 Å². The molecule has 2 fully saturated rings. The predicted molar refractivity (Wildman–Crippen MR) is 136 cm³/mol. The summed E-state index contributed by atoms with van der Waals surface area (Å²) in [6.07, 6.45) is 4.42. The van der Waals surface area contributed by atoms with E-state index < -0.39 is 0 Å². The number of nitrogens with zero attached hydrogens (tertiary/aromatic N) is 4. The summed E-state index contributed by atoms with van der Waals surface area (Å²) < 4.78 is 1.91. The van der Waals surface area contributed by atoms with Gasteiger partial charge in [0, 0.05) is 34.6 Å². The van der Waals surface area contributed by atoms with Crippen molar-refractivity contribution in [3.8, 4) is 11.3 Å². The van der Waals surface area contributed by atoms with Crippen molar-refractivity contribution in [2.45, 2.75) is 65.3 Å². The van der Waals surface area contributed by atoms with Crippen molar-refractivity contribution in [2.75, 3.05) is 13.1 Å². The van der Waals surface area contributed by atoms with E-state index in [-0.39, 0.29) is 5.91 Å². The number of aromatic nitrogens is 4. The molecule has 4 aromatic rings. The molecule has 1 saturated carbocycles. The summed E-state index contributed by atoms with van der Waals surface area (Å²) >= 11 is 1.93. The summed E-state index contributed by atoms with van der Waals surface area (Å²) in [5.74, 6) is 2.17. The molecule has 0 spiro atoms. The van der Waals surface area contributed by atoms with E-state index in [4.69, 9.17) is 5.73 Å². The number of thiophene rings is 1. The van der Waals surface area contributed by atoms with Crippen LogP contribution in [0.1, 0.15) is 65.9 Å². The second kappa shape index (κ2) is 7.65. The Hall–Kier alpha value is -2.71. The topological polar surface area (TPSA) is 92.3 Å². The maximum atomic E-state index is 11.4. The maximum Gasteiger partial charge on any atom is 0.231 e. The Morgan fingerprint density at radius 1 is 1.29 bits per heavy atom. The fourth-order valence-corrected chi connectivity index (χ4v) is 7.99. The Morgan fingerprint density at radius 3 is 2.76 bits per heavy atom. The van der Waals surface area contributed by atoms with Crippen LogP contribution in [0.3, 0.4) is 0 Å². The summed E-state index contributed by atoms with van der Waals surface area (Å²) in [4.78, 5) is 24.9. The Balaban J connectivity index is 1.41. The lowest BCUT2D eigenvalue weighted by atomic mass is 9.89. The van der Waals surface area contributed by atoms with Crippen LogP contribution in [-0.4, -0.2) is 49.5 Å². The summed E-state index contributed by atoms with van der Waals surface area (Å²) in [5, 5.41) is 5.96. The fourth-order valence-electron chi connectivity index (χ4n) is 6.56. The number of carbonyl (C=O) groups excluding carboxylic acids is 1. The van der Waals surface area contributed by atoms with Gasteiger partial charge in [-0.3, -0.25) is 9.69 Å². The van der Waals surface area contributed by atoms with Gasteiger partial charge in [0.05, 0.1) is 12.2 Å². The Labute approximate surface area is 203 Å². The number of hydrogen-bond donors (Lipinski definition) is 2. The molecule has 4 aromatic heterocycles. The molecule has 0 radical (unpaired) electrons. The minimum absolute atomic E-state index is 0.215. The van der Waals surface area contributed by atoms with Gasteiger partial charge in [-0.15, -0.1) is 11.3 Å². The number of aryl methyl sites for hydroxylation is 3. The third kappa shape index (κ3) is 3.22. The highest BCUT2D eigenvalue weighted by Gasteiger charge is 2.46. The number of piperidine rings is 1. The number of primary amides is 1. The Kier molecular flexibility index (Phi) is 4.90. The molecule has 1 saturated heterocycles. The van der Waals surface area contributed by atoms with Gasteiger partial charge in [0.25, 0.3) is 0 Å². The number of fused-ring (bicyclic) bond motifs is 4. The van der Waals surface area contributed by atoms with Crippen molar-refractivity contribution in [3.05, 3.63) is 39.7 Å². The van der Waals surface area contributed by atoms with Crippen molar-refractivity contribution >= 4 is 33.1 Å². The third-order valence-electron chi connectivity index (χ3n) is 7.90. The molecule has 3 atom stereocenters. The van der Waals surface area contributed by atoms with Crippen molar-refractivity contribution in [2.24, 2.45) is 11.7 Å². The first-order valence-electron chi connectivity index (χ1n) is 12.2. The number of carbonyl (C=O) groups is 1. The summed E-state index contributed by atoms with van der Waals surface area (Å²) in [7, 11) is 0. The number of pyridine rings is 1. The molecular weight excluding hydrogens is 444 g/mol. The number of nitrogens with two attached hydrogens (primary N) is 1. The van der Waals surface area contributed by atoms with Crippen LogP contribution in [0.4, 0.5) is 0 Å². The van der Waals surface area contributed by atoms with E-state index >= 15 is 0 Å². The van der Waals surface area contributed by atoms with E-state index in [0.29, 0.717) is 30.3 Å². The van der Waals surface area contributed by atoms with Crippen molar-refractivity contribution in [3.63, 3.8) is 0 Å². The van der Waals surface area contributed by atoms with Crippen LogP contribution in [0.25, 0.3) is 27.1 Å². The molecule has 6 rings (SSSR count). The molecule has 5 heterocycles. The molecule has 1 amide bonds. The number of H-pyrrole nitrogens is 1. The molecule has 1 aliphatic carbocycles. The minimum atomic E-state index is -0.215. The highest BCUT2D eigenvalue weighted by Crippen LogP contribution is 2.52. The van der Waals surface area contributed by atoms with Crippen LogP contribution in [-0.2, 0) is 4.79 Å². The molecule has 1 unspecified atom stereocenters. The largest absolute Gasteiger partial charge is 0.369 e. The van der Waals surface area contributed by atoms with Gasteiger partial charge >= 0.3 is 0 Å². The molecular formula is C26H32N6OS. The molecule has 7 nitrogen and oxygen atoms in total. The maximum absolute atomic E-state index is 11.4. The summed E-state index contributed by atoms with van der Waals surface area (Å²) in [5.41, 5.74) is 12.7. The van der Waals surface area contributed by atoms with E-state index in [1.54, 1.807) is 0 Å². The minimum Gasteiger partial charge on any atom is -0.369 e. The normalized spacial score (nSPS) is 22.7. The van der Waals surface area contributed by atoms with Gasteiger partial charge in [-0.25, -0.2) is 9.50 Å². The fraction of sp³-hybridized carbons (Fsp3) is 0.500. The van der Waals surface area contributed by atoms with E-state index in [2.05, 4.69) is 59.9 Å². The molecule has 0 aromatic carbocycles. The lowest BCUT2D eigenvalue weighted by Crippen LogP contribution is -2.40. The second-order valence-electron chi connectivity index (χ2n) is 10.6. The average molecular weight is 477 g/mol. The van der Waals surface area contributed by atoms with Gasteiger partial charge in [-0.05, 0) is 74.1 Å². The van der Waals surface area contributed by atoms with E-state index in [1.165, 1.54) is 38.3 Å². The molecule has 3 N–H and O–H groups in total. The number of nitrogens with one attached hydrogen (secondary N) is 1. The zero-order chi connectivity index (χ0) is 23.9. The number of aromatic amines is 1. The lowest BCUT2D eigenvalue weighted by Gasteiger charge is -2.30. The SMILES string of the molecule is Cc1nc2c(C)cc(-c3[nH]c4sc([C@@H]5CC6C[C@H]5CN6CC(N)=O)c(C)c4c3C(C)C)cn2n1. The molecule has 2 bridgehead atoms. The monoisotopic (exact) mass is 476 g/mol. The molecule has 8 heteroatoms. The van der Waals surface area contributed by atoms with Crippen LogP contribution >= 0.6 is 11.3 Å². The van der Waals surface area contributed by atoms with Crippen LogP contribution in [0.5, 0.6) is 0 Å². The standard InChI is InChI=1S/C26H32N6OS/c1-12(2)21-22-14(4)24(19-8-18-7-16(19)9-31(18)11-20(27)33)34-26(22)29-23(21)17-6-13(3)25-28-15(5)30-32(25)10-17/h6,10,12,16,18-19,29H,7-9,11H2,1-5H3,(H2,27,33)/t16-,18?,19+/m0/s1. The second-order valence-corrected chi connectivity index (χ2v) is 11.6. The zero-order valence-electron chi connectivity index (χ0n) is 20.5. The predicted octanol–water partition coefficient (Wildman–Crippen LogP) is 4.65. The highest BCUT2D eigenvalue weighted by atomic mass is 32.1. The molecule has 1 aliphatic heterocycles. The van der Waals surface area contributed by atoms with Crippen molar-refractivity contribution in [1.29, 1.82) is 0 Å². The Bertz CT molecular complexity index is 1440. The van der Waals surface area contributed by atoms with Crippen LogP contribution in [0, 0.1) is 26.7 Å². The average Bonchev–Trinajstić information content (AvgIpc) is 3.53. The van der Waals surface area contributed by atoms with E-state index in [1.807, 2.05) is 22.8 Å². The smallest absolute Gasteiger partial charge is 0.231 e. The summed E-state index contributed by atoms with van der Waals surface area (Å²) in [6.45, 7) is 12.3. The highest BCUT2D eigenvalue weighted by molar-refractivity contribution is 7.19. The first kappa shape index (κ1) is 21.8. The van der Waals surface area contributed by atoms with Gasteiger partial charge in [0.2, 0.25) is 5.91 Å². The molecule has 178 valence electrons. The first-order chi connectivity index (χ1) is 16.2. The number of rotatable bonds is 5. The van der Waals surface area contributed by atoms with Gasteiger partial charge in [0.1, 0.15) is 10.7 Å². The van der Waals surface area contributed by atoms with Crippen LogP contribution in [0.2, 0.25) is 0 Å². The van der Waals surface area contributed by atoms with Gasteiger partial charge < -0.3 is 10.7 Å². The number of likely N-dealkylation sites (tertiary alicyclic amines) is 1. The van der Waals surface area contributed by atoms with Gasteiger partial charge in [0.15, 0.2) is 5.65 Å². The van der Waals surface area contributed by atoms with Crippen molar-refractivity contribution < 1.29 is 4.79 Å². The first-order valence-corrected chi connectivity index (χ1v) is 13.0. The van der Waals surface area contributed by atoms with Crippen LogP contribution in [0.15, 0.2) is 12.3 Å². The van der Waals surface area contributed by atoms with E-state index in [9.17, 15) is 4.79 Å². The zero-order valence-corrected chi connectivity index (χ0v) is 21.3. The summed E-state index contributed by atoms with van der Waals surface area (Å²) in [6, 6.07) is 2.72. The number of hydrogen-bond acceptors (Lipinski definition) is 5. The van der Waals surface area contributed by atoms with Crippen LogP contribution < -0.4 is 5.73 Å². The van der Waals surface area contributed by atoms with E-state index in [0.717, 1.165) is 35.6 Å². The quantitative estimate of drug-likeness (QED) is 0.438. The molecule has 2 aliphatic rings. The van der Waals surface area contributed by atoms with Gasteiger partial charge in [-0.1, -0.05) is 13.8 Å². The van der Waals surface area contributed by atoms with Crippen molar-refractivity contribution in [1.82, 2.24) is 24.5 Å². The number of amides is 1. The Morgan fingerprint density at radius 2 is 2.09 bits per heavy atom. The molecule has 34 heavy (non-hydrogen) atoms.